The number of Topliss-reactive ketones (excluding diaryl/α,β-unsaturated/α-hetero) is 1. The van der Waals surface area contributed by atoms with Crippen LogP contribution >= 0.6 is 0 Å². The molecule has 2 rings (SSSR count). The van der Waals surface area contributed by atoms with Crippen LogP contribution in [0.2, 0.25) is 0 Å². The fourth-order valence-electron chi connectivity index (χ4n) is 3.30. The molecule has 0 aromatic carbocycles. The first-order valence-corrected chi connectivity index (χ1v) is 6.65. The molecule has 2 aliphatic rings. The molecule has 1 aliphatic carbocycles. The topological polar surface area (TPSA) is 20.3 Å². The summed E-state index contributed by atoms with van der Waals surface area (Å²) in [5.41, 5.74) is 0. The van der Waals surface area contributed by atoms with E-state index >= 15 is 0 Å². The Morgan fingerprint density at radius 1 is 1.38 bits per heavy atom. The zero-order valence-corrected chi connectivity index (χ0v) is 10.3. The number of rotatable bonds is 3. The van der Waals surface area contributed by atoms with Crippen molar-refractivity contribution in [3.8, 4) is 0 Å². The van der Waals surface area contributed by atoms with Crippen LogP contribution < -0.4 is 0 Å². The zero-order valence-electron chi connectivity index (χ0n) is 10.3. The molecule has 1 saturated heterocycles. The predicted octanol–water partition coefficient (Wildman–Crippen LogP) is 2.78. The van der Waals surface area contributed by atoms with Crippen molar-refractivity contribution < 1.29 is 4.79 Å². The van der Waals surface area contributed by atoms with Gasteiger partial charge in [0.15, 0.2) is 0 Å². The number of carbonyl (C=O) groups is 1. The highest BCUT2D eigenvalue weighted by Crippen LogP contribution is 2.33. The minimum atomic E-state index is 0.318. The van der Waals surface area contributed by atoms with Crippen molar-refractivity contribution in [3.63, 3.8) is 0 Å². The van der Waals surface area contributed by atoms with Crippen molar-refractivity contribution in [3.05, 3.63) is 12.7 Å². The van der Waals surface area contributed by atoms with Gasteiger partial charge in [0.2, 0.25) is 0 Å². The summed E-state index contributed by atoms with van der Waals surface area (Å²) in [6.45, 7) is 7.21. The molecule has 0 spiro atoms. The lowest BCUT2D eigenvalue weighted by atomic mass is 9.81. The summed E-state index contributed by atoms with van der Waals surface area (Å²) in [5, 5.41) is 0. The summed E-state index contributed by atoms with van der Waals surface area (Å²) in [4.78, 5) is 14.5. The average molecular weight is 221 g/mol. The third-order valence-corrected chi connectivity index (χ3v) is 4.27. The van der Waals surface area contributed by atoms with Gasteiger partial charge in [-0.1, -0.05) is 12.5 Å². The zero-order chi connectivity index (χ0) is 11.5. The van der Waals surface area contributed by atoms with E-state index < -0.39 is 0 Å². The molecule has 0 amide bonds. The van der Waals surface area contributed by atoms with Crippen LogP contribution in [0.4, 0.5) is 0 Å². The summed E-state index contributed by atoms with van der Waals surface area (Å²) in [6.07, 6.45) is 8.73. The molecule has 0 N–H and O–H groups in total. The summed E-state index contributed by atoms with van der Waals surface area (Å²) in [7, 11) is 0. The van der Waals surface area contributed by atoms with Gasteiger partial charge in [0.05, 0.1) is 0 Å². The number of nitrogens with zero attached hydrogens (tertiary/aromatic N) is 1. The van der Waals surface area contributed by atoms with Crippen molar-refractivity contribution in [2.45, 2.75) is 57.5 Å². The molecule has 16 heavy (non-hydrogen) atoms. The molecule has 1 saturated carbocycles. The summed E-state index contributed by atoms with van der Waals surface area (Å²) < 4.78 is 0. The Hall–Kier alpha value is -0.630. The van der Waals surface area contributed by atoms with Gasteiger partial charge in [0.25, 0.3) is 0 Å². The Morgan fingerprint density at radius 2 is 2.19 bits per heavy atom. The molecular formula is C14H23NO. The fraction of sp³-hybridized carbons (Fsp3) is 0.786. The quantitative estimate of drug-likeness (QED) is 0.683. The molecule has 2 fully saturated rings. The Labute approximate surface area is 98.7 Å². The van der Waals surface area contributed by atoms with Crippen LogP contribution in [0.5, 0.6) is 0 Å². The van der Waals surface area contributed by atoms with Gasteiger partial charge in [-0.3, -0.25) is 9.69 Å². The maximum absolute atomic E-state index is 12.0. The minimum absolute atomic E-state index is 0.318. The predicted molar refractivity (Wildman–Crippen MR) is 66.4 cm³/mol. The maximum Gasteiger partial charge on any atom is 0.137 e. The molecule has 90 valence electrons. The third-order valence-electron chi connectivity index (χ3n) is 4.27. The van der Waals surface area contributed by atoms with Crippen LogP contribution in [0.25, 0.3) is 0 Å². The van der Waals surface area contributed by atoms with Crippen LogP contribution in [0.15, 0.2) is 12.7 Å². The molecule has 2 heteroatoms. The first-order chi connectivity index (χ1) is 7.74. The van der Waals surface area contributed by atoms with Gasteiger partial charge in [-0.05, 0) is 39.2 Å². The van der Waals surface area contributed by atoms with Crippen LogP contribution in [0, 0.1) is 5.92 Å². The number of hydrogen-bond acceptors (Lipinski definition) is 2. The second-order valence-electron chi connectivity index (χ2n) is 5.24. The van der Waals surface area contributed by atoms with Gasteiger partial charge < -0.3 is 0 Å². The summed E-state index contributed by atoms with van der Waals surface area (Å²) in [5.74, 6) is 0.832. The van der Waals surface area contributed by atoms with E-state index in [1.807, 2.05) is 6.08 Å². The molecule has 0 aromatic heterocycles. The van der Waals surface area contributed by atoms with E-state index in [1.54, 1.807) is 0 Å². The van der Waals surface area contributed by atoms with E-state index in [0.29, 0.717) is 23.8 Å². The molecule has 1 aliphatic heterocycles. The first kappa shape index (κ1) is 11.8. The van der Waals surface area contributed by atoms with E-state index in [1.165, 1.54) is 19.3 Å². The lowest BCUT2D eigenvalue weighted by Gasteiger charge is -2.35. The molecule has 1 heterocycles. The first-order valence-electron chi connectivity index (χ1n) is 6.65. The smallest absolute Gasteiger partial charge is 0.137 e. The fourth-order valence-corrected chi connectivity index (χ4v) is 3.30. The minimum Gasteiger partial charge on any atom is -0.299 e. The molecule has 2 nitrogen and oxygen atoms in total. The van der Waals surface area contributed by atoms with E-state index in [-0.39, 0.29) is 0 Å². The Kier molecular flexibility index (Phi) is 3.80. The van der Waals surface area contributed by atoms with Gasteiger partial charge in [0.1, 0.15) is 5.78 Å². The standard InChI is InChI=1S/C14H23NO/c1-3-11(2)15-10-6-8-13(15)12-7-4-5-9-14(12)16/h3,11-13H,1,4-10H2,2H3. The Bertz CT molecular complexity index is 274. The lowest BCUT2D eigenvalue weighted by Crippen LogP contribution is -2.44. The molecular weight excluding hydrogens is 198 g/mol. The van der Waals surface area contributed by atoms with Crippen LogP contribution in [0.3, 0.4) is 0 Å². The SMILES string of the molecule is C=CC(C)N1CCCC1C1CCCCC1=O. The molecule has 0 aromatic rings. The second kappa shape index (κ2) is 5.13. The highest BCUT2D eigenvalue weighted by molar-refractivity contribution is 5.82. The Morgan fingerprint density at radius 3 is 2.88 bits per heavy atom. The third kappa shape index (κ3) is 2.22. The van der Waals surface area contributed by atoms with Gasteiger partial charge >= 0.3 is 0 Å². The molecule has 0 bridgehead atoms. The van der Waals surface area contributed by atoms with Crippen molar-refractivity contribution in [1.29, 1.82) is 0 Å². The molecule has 3 atom stereocenters. The van der Waals surface area contributed by atoms with Crippen molar-refractivity contribution in [1.82, 2.24) is 4.90 Å². The van der Waals surface area contributed by atoms with Crippen LogP contribution in [-0.4, -0.2) is 29.3 Å². The van der Waals surface area contributed by atoms with E-state index in [4.69, 9.17) is 0 Å². The van der Waals surface area contributed by atoms with E-state index in [0.717, 1.165) is 25.8 Å². The van der Waals surface area contributed by atoms with Gasteiger partial charge in [-0.15, -0.1) is 6.58 Å². The number of ketones is 1. The van der Waals surface area contributed by atoms with Crippen LogP contribution in [-0.2, 0) is 4.79 Å². The van der Waals surface area contributed by atoms with E-state index in [2.05, 4.69) is 18.4 Å². The van der Waals surface area contributed by atoms with Gasteiger partial charge in [-0.2, -0.15) is 0 Å². The number of carbonyl (C=O) groups excluding carboxylic acids is 1. The largest absolute Gasteiger partial charge is 0.299 e. The highest BCUT2D eigenvalue weighted by Gasteiger charge is 2.37. The maximum atomic E-state index is 12.0. The molecule has 0 radical (unpaired) electrons. The highest BCUT2D eigenvalue weighted by atomic mass is 16.1. The van der Waals surface area contributed by atoms with Crippen molar-refractivity contribution >= 4 is 5.78 Å². The van der Waals surface area contributed by atoms with Gasteiger partial charge in [0, 0.05) is 24.4 Å². The summed E-state index contributed by atoms with van der Waals surface area (Å²) >= 11 is 0. The average Bonchev–Trinajstić information content (AvgIpc) is 2.77. The van der Waals surface area contributed by atoms with Gasteiger partial charge in [-0.25, -0.2) is 0 Å². The van der Waals surface area contributed by atoms with Crippen molar-refractivity contribution in [2.75, 3.05) is 6.54 Å². The van der Waals surface area contributed by atoms with Crippen LogP contribution in [0.1, 0.15) is 45.4 Å². The molecule has 3 unspecified atom stereocenters. The Balaban J connectivity index is 2.06. The monoisotopic (exact) mass is 221 g/mol. The van der Waals surface area contributed by atoms with Crippen molar-refractivity contribution in [2.24, 2.45) is 5.92 Å². The van der Waals surface area contributed by atoms with E-state index in [9.17, 15) is 4.79 Å². The number of likely N-dealkylation sites (tertiary alicyclic amines) is 1. The second-order valence-corrected chi connectivity index (χ2v) is 5.24. The normalized spacial score (nSPS) is 33.9. The summed E-state index contributed by atoms with van der Waals surface area (Å²) in [6, 6.07) is 0.919. The lowest BCUT2D eigenvalue weighted by molar-refractivity contribution is -0.126. The number of hydrogen-bond donors (Lipinski definition) is 0.